The Kier molecular flexibility index (Phi) is 4.19. The second-order valence-corrected chi connectivity index (χ2v) is 5.09. The first kappa shape index (κ1) is 12.6. The fourth-order valence-electron chi connectivity index (χ4n) is 2.76. The first-order valence-electron chi connectivity index (χ1n) is 6.60. The highest BCUT2D eigenvalue weighted by atomic mass is 16.5. The molecule has 0 saturated carbocycles. The number of methoxy groups -OCH3 is 1. The van der Waals surface area contributed by atoms with Gasteiger partial charge < -0.3 is 10.1 Å². The standard InChI is InChI=1S/C15H23NO/c1-3-15(9-4-10-16-15)11-13-5-7-14(8-6-13)12-17-2/h5-8,16H,3-4,9-12H2,1-2H3. The van der Waals surface area contributed by atoms with Gasteiger partial charge in [-0.15, -0.1) is 0 Å². The lowest BCUT2D eigenvalue weighted by Crippen LogP contribution is -2.41. The summed E-state index contributed by atoms with van der Waals surface area (Å²) in [5.41, 5.74) is 3.03. The lowest BCUT2D eigenvalue weighted by Gasteiger charge is -2.28. The third-order valence-corrected chi connectivity index (χ3v) is 3.89. The maximum atomic E-state index is 5.13. The van der Waals surface area contributed by atoms with Crippen LogP contribution in [-0.4, -0.2) is 19.2 Å². The van der Waals surface area contributed by atoms with Crippen LogP contribution < -0.4 is 5.32 Å². The number of hydrogen-bond donors (Lipinski definition) is 1. The van der Waals surface area contributed by atoms with Crippen LogP contribution >= 0.6 is 0 Å². The van der Waals surface area contributed by atoms with Gasteiger partial charge in [-0.2, -0.15) is 0 Å². The summed E-state index contributed by atoms with van der Waals surface area (Å²) in [5.74, 6) is 0. The van der Waals surface area contributed by atoms with Gasteiger partial charge in [0.15, 0.2) is 0 Å². The summed E-state index contributed by atoms with van der Waals surface area (Å²) in [6.07, 6.45) is 4.99. The zero-order chi connectivity index (χ0) is 12.1. The van der Waals surface area contributed by atoms with Crippen molar-refractivity contribution in [3.8, 4) is 0 Å². The third-order valence-electron chi connectivity index (χ3n) is 3.89. The average molecular weight is 233 g/mol. The second-order valence-electron chi connectivity index (χ2n) is 5.09. The summed E-state index contributed by atoms with van der Waals surface area (Å²) in [7, 11) is 1.74. The zero-order valence-corrected chi connectivity index (χ0v) is 11.0. The molecular formula is C15H23NO. The highest BCUT2D eigenvalue weighted by Crippen LogP contribution is 2.27. The molecule has 2 nitrogen and oxygen atoms in total. The molecule has 94 valence electrons. The van der Waals surface area contributed by atoms with Crippen molar-refractivity contribution >= 4 is 0 Å². The predicted octanol–water partition coefficient (Wildman–Crippen LogP) is 2.91. The molecule has 1 unspecified atom stereocenters. The van der Waals surface area contributed by atoms with Gasteiger partial charge in [0.25, 0.3) is 0 Å². The Morgan fingerprint density at radius 1 is 1.24 bits per heavy atom. The Hall–Kier alpha value is -0.860. The van der Waals surface area contributed by atoms with Gasteiger partial charge in [-0.3, -0.25) is 0 Å². The highest BCUT2D eigenvalue weighted by molar-refractivity contribution is 5.24. The molecule has 1 heterocycles. The molecule has 2 heteroatoms. The van der Waals surface area contributed by atoms with Crippen LogP contribution in [0.5, 0.6) is 0 Å². The Labute approximate surface area is 104 Å². The van der Waals surface area contributed by atoms with E-state index in [9.17, 15) is 0 Å². The van der Waals surface area contributed by atoms with Gasteiger partial charge in [-0.05, 0) is 43.4 Å². The summed E-state index contributed by atoms with van der Waals surface area (Å²) >= 11 is 0. The van der Waals surface area contributed by atoms with E-state index in [-0.39, 0.29) is 0 Å². The Morgan fingerprint density at radius 2 is 1.94 bits per heavy atom. The Balaban J connectivity index is 2.02. The van der Waals surface area contributed by atoms with Gasteiger partial charge in [0.2, 0.25) is 0 Å². The fourth-order valence-corrected chi connectivity index (χ4v) is 2.76. The number of nitrogens with one attached hydrogen (secondary N) is 1. The van der Waals surface area contributed by atoms with E-state index < -0.39 is 0 Å². The average Bonchev–Trinajstić information content (AvgIpc) is 2.81. The molecule has 1 atom stereocenters. The van der Waals surface area contributed by atoms with Crippen LogP contribution in [-0.2, 0) is 17.8 Å². The molecule has 1 fully saturated rings. The maximum Gasteiger partial charge on any atom is 0.0713 e. The van der Waals surface area contributed by atoms with Gasteiger partial charge >= 0.3 is 0 Å². The zero-order valence-electron chi connectivity index (χ0n) is 11.0. The molecule has 0 bridgehead atoms. The SMILES string of the molecule is CCC1(Cc2ccc(COC)cc2)CCCN1. The van der Waals surface area contributed by atoms with Crippen LogP contribution in [0.1, 0.15) is 37.3 Å². The van der Waals surface area contributed by atoms with Crippen LogP contribution in [0.25, 0.3) is 0 Å². The lowest BCUT2D eigenvalue weighted by atomic mass is 9.87. The molecule has 1 aliphatic rings. The van der Waals surface area contributed by atoms with E-state index in [1.807, 2.05) is 0 Å². The van der Waals surface area contributed by atoms with Crippen LogP contribution in [0.15, 0.2) is 24.3 Å². The maximum absolute atomic E-state index is 5.13. The first-order valence-corrected chi connectivity index (χ1v) is 6.60. The summed E-state index contributed by atoms with van der Waals surface area (Å²) in [6, 6.07) is 8.84. The second kappa shape index (κ2) is 5.65. The largest absolute Gasteiger partial charge is 0.380 e. The molecule has 2 rings (SSSR count). The lowest BCUT2D eigenvalue weighted by molar-refractivity contribution is 0.185. The molecule has 1 aromatic carbocycles. The van der Waals surface area contributed by atoms with Crippen LogP contribution in [0.3, 0.4) is 0 Å². The van der Waals surface area contributed by atoms with Crippen molar-refractivity contribution in [2.24, 2.45) is 0 Å². The summed E-state index contributed by atoms with van der Waals surface area (Å²) in [4.78, 5) is 0. The first-order chi connectivity index (χ1) is 8.28. The molecule has 1 saturated heterocycles. The van der Waals surface area contributed by atoms with Crippen molar-refractivity contribution in [2.45, 2.75) is 44.8 Å². The van der Waals surface area contributed by atoms with Crippen molar-refractivity contribution < 1.29 is 4.74 Å². The quantitative estimate of drug-likeness (QED) is 0.844. The number of benzene rings is 1. The van der Waals surface area contributed by atoms with E-state index in [0.717, 1.165) is 6.42 Å². The van der Waals surface area contributed by atoms with Gasteiger partial charge in [0, 0.05) is 12.6 Å². The van der Waals surface area contributed by atoms with Crippen molar-refractivity contribution in [2.75, 3.05) is 13.7 Å². The normalized spacial score (nSPS) is 24.1. The number of hydrogen-bond acceptors (Lipinski definition) is 2. The Morgan fingerprint density at radius 3 is 2.47 bits per heavy atom. The van der Waals surface area contributed by atoms with Crippen molar-refractivity contribution in [1.82, 2.24) is 5.32 Å². The summed E-state index contributed by atoms with van der Waals surface area (Å²) in [6.45, 7) is 4.17. The molecule has 0 amide bonds. The van der Waals surface area contributed by atoms with E-state index in [4.69, 9.17) is 4.74 Å². The fraction of sp³-hybridized carbons (Fsp3) is 0.600. The topological polar surface area (TPSA) is 21.3 Å². The van der Waals surface area contributed by atoms with Gasteiger partial charge in [0.05, 0.1) is 6.61 Å². The van der Waals surface area contributed by atoms with E-state index in [1.54, 1.807) is 7.11 Å². The minimum atomic E-state index is 0.350. The summed E-state index contributed by atoms with van der Waals surface area (Å²) in [5, 5.41) is 3.68. The summed E-state index contributed by atoms with van der Waals surface area (Å²) < 4.78 is 5.13. The van der Waals surface area contributed by atoms with Crippen molar-refractivity contribution in [1.29, 1.82) is 0 Å². The highest BCUT2D eigenvalue weighted by Gasteiger charge is 2.31. The molecule has 1 aromatic rings. The third kappa shape index (κ3) is 3.08. The molecular weight excluding hydrogens is 210 g/mol. The number of rotatable bonds is 5. The molecule has 1 aliphatic heterocycles. The van der Waals surface area contributed by atoms with Gasteiger partial charge in [-0.25, -0.2) is 0 Å². The molecule has 0 spiro atoms. The molecule has 1 N–H and O–H groups in total. The molecule has 0 aromatic heterocycles. The molecule has 0 aliphatic carbocycles. The van der Waals surface area contributed by atoms with Crippen LogP contribution in [0, 0.1) is 0 Å². The Bertz CT molecular complexity index is 338. The minimum absolute atomic E-state index is 0.350. The minimum Gasteiger partial charge on any atom is -0.380 e. The monoisotopic (exact) mass is 233 g/mol. The van der Waals surface area contributed by atoms with Crippen LogP contribution in [0.2, 0.25) is 0 Å². The van der Waals surface area contributed by atoms with Crippen LogP contribution in [0.4, 0.5) is 0 Å². The van der Waals surface area contributed by atoms with Crippen molar-refractivity contribution in [3.05, 3.63) is 35.4 Å². The molecule has 17 heavy (non-hydrogen) atoms. The van der Waals surface area contributed by atoms with E-state index in [0.29, 0.717) is 12.1 Å². The van der Waals surface area contributed by atoms with E-state index in [1.165, 1.54) is 36.9 Å². The number of ether oxygens (including phenoxy) is 1. The van der Waals surface area contributed by atoms with Gasteiger partial charge in [0.1, 0.15) is 0 Å². The van der Waals surface area contributed by atoms with E-state index >= 15 is 0 Å². The van der Waals surface area contributed by atoms with Crippen molar-refractivity contribution in [3.63, 3.8) is 0 Å². The molecule has 0 radical (unpaired) electrons. The predicted molar refractivity (Wildman–Crippen MR) is 71.1 cm³/mol. The van der Waals surface area contributed by atoms with Gasteiger partial charge in [-0.1, -0.05) is 31.2 Å². The van der Waals surface area contributed by atoms with E-state index in [2.05, 4.69) is 36.5 Å². The smallest absolute Gasteiger partial charge is 0.0713 e.